The molecule has 2 aromatic rings. The van der Waals surface area contributed by atoms with Crippen molar-refractivity contribution >= 4 is 29.1 Å². The van der Waals surface area contributed by atoms with Gasteiger partial charge in [-0.25, -0.2) is 0 Å². The van der Waals surface area contributed by atoms with E-state index in [4.69, 9.17) is 42.1 Å². The Bertz CT molecular complexity index is 1240. The Morgan fingerprint density at radius 2 is 1.63 bits per heavy atom. The number of amides is 1. The highest BCUT2D eigenvalue weighted by molar-refractivity contribution is 6.42. The molecule has 2 aromatic carbocycles. The second-order valence-corrected chi connectivity index (χ2v) is 12.8. The summed E-state index contributed by atoms with van der Waals surface area (Å²) in [6, 6.07) is 8.50. The maximum absolute atomic E-state index is 14.2. The predicted molar refractivity (Wildman–Crippen MR) is 168 cm³/mol. The van der Waals surface area contributed by atoms with Crippen LogP contribution in [0.1, 0.15) is 73.3 Å². The van der Waals surface area contributed by atoms with Crippen LogP contribution in [-0.4, -0.2) is 86.6 Å². The number of morpholine rings is 1. The van der Waals surface area contributed by atoms with Crippen molar-refractivity contribution in [1.29, 1.82) is 0 Å². The molecule has 236 valence electrons. The fourth-order valence-corrected chi connectivity index (χ4v) is 7.49. The van der Waals surface area contributed by atoms with E-state index in [-0.39, 0.29) is 18.1 Å². The molecule has 0 radical (unpaired) electrons. The number of carbonyl (C=O) groups is 1. The lowest BCUT2D eigenvalue weighted by atomic mass is 9.72. The van der Waals surface area contributed by atoms with Gasteiger partial charge in [0.05, 0.1) is 55.7 Å². The van der Waals surface area contributed by atoms with E-state index in [1.807, 2.05) is 17.0 Å². The molecule has 1 N–H and O–H groups in total. The monoisotopic (exact) mass is 634 g/mol. The maximum atomic E-state index is 14.2. The van der Waals surface area contributed by atoms with Crippen LogP contribution in [0.5, 0.6) is 17.2 Å². The zero-order chi connectivity index (χ0) is 30.6. The Morgan fingerprint density at radius 3 is 2.23 bits per heavy atom. The molecule has 8 nitrogen and oxygen atoms in total. The number of hydrogen-bond donors (Lipinski definition) is 1. The molecule has 1 unspecified atom stereocenters. The van der Waals surface area contributed by atoms with Crippen molar-refractivity contribution in [2.75, 3.05) is 54.1 Å². The molecule has 3 aliphatic rings. The molecule has 0 spiro atoms. The van der Waals surface area contributed by atoms with E-state index in [9.17, 15) is 9.90 Å². The van der Waals surface area contributed by atoms with Crippen LogP contribution in [0, 0.1) is 5.92 Å². The average Bonchev–Trinajstić information content (AvgIpc) is 3.05. The molecule has 1 amide bonds. The topological polar surface area (TPSA) is 80.7 Å². The van der Waals surface area contributed by atoms with E-state index in [1.54, 1.807) is 18.2 Å². The minimum absolute atomic E-state index is 0.167. The number of benzene rings is 2. The third kappa shape index (κ3) is 7.04. The van der Waals surface area contributed by atoms with Crippen molar-refractivity contribution < 1.29 is 28.8 Å². The molecule has 2 aliphatic heterocycles. The van der Waals surface area contributed by atoms with E-state index in [2.05, 4.69) is 4.90 Å². The van der Waals surface area contributed by atoms with Gasteiger partial charge in [-0.1, -0.05) is 48.5 Å². The van der Waals surface area contributed by atoms with Crippen LogP contribution in [0.2, 0.25) is 10.0 Å². The molecule has 5 rings (SSSR count). The van der Waals surface area contributed by atoms with Gasteiger partial charge in [0.15, 0.2) is 11.5 Å². The predicted octanol–water partition coefficient (Wildman–Crippen LogP) is 6.40. The number of hydrogen-bond acceptors (Lipinski definition) is 7. The maximum Gasteiger partial charge on any atom is 0.254 e. The molecule has 0 aromatic heterocycles. The van der Waals surface area contributed by atoms with E-state index in [1.165, 1.54) is 40.6 Å². The Morgan fingerprint density at radius 1 is 0.953 bits per heavy atom. The van der Waals surface area contributed by atoms with Gasteiger partial charge in [0, 0.05) is 31.7 Å². The molecule has 43 heavy (non-hydrogen) atoms. The summed E-state index contributed by atoms with van der Waals surface area (Å²) in [7, 11) is 4.60. The third-order valence-electron chi connectivity index (χ3n) is 9.63. The summed E-state index contributed by atoms with van der Waals surface area (Å²) in [6.07, 6.45) is 8.15. The highest BCUT2D eigenvalue weighted by atomic mass is 35.5. The number of piperidine rings is 1. The first kappa shape index (κ1) is 32.2. The second kappa shape index (κ2) is 14.2. The number of aliphatic hydroxyl groups is 1. The molecule has 1 aliphatic carbocycles. The normalized spacial score (nSPS) is 23.2. The smallest absolute Gasteiger partial charge is 0.254 e. The van der Waals surface area contributed by atoms with Gasteiger partial charge in [-0.05, 0) is 67.9 Å². The number of halogens is 2. The lowest BCUT2D eigenvalue weighted by molar-refractivity contribution is -0.0864. The molecule has 10 heteroatoms. The van der Waals surface area contributed by atoms with Gasteiger partial charge in [-0.15, -0.1) is 0 Å². The van der Waals surface area contributed by atoms with Gasteiger partial charge in [0.1, 0.15) is 0 Å². The summed E-state index contributed by atoms with van der Waals surface area (Å²) in [4.78, 5) is 18.4. The third-order valence-corrected chi connectivity index (χ3v) is 10.4. The molecule has 3 fully saturated rings. The van der Waals surface area contributed by atoms with Crippen LogP contribution in [0.15, 0.2) is 30.3 Å². The van der Waals surface area contributed by atoms with Gasteiger partial charge in [-0.2, -0.15) is 0 Å². The van der Waals surface area contributed by atoms with Crippen LogP contribution >= 0.6 is 23.2 Å². The van der Waals surface area contributed by atoms with Crippen molar-refractivity contribution in [2.45, 2.75) is 69.1 Å². The summed E-state index contributed by atoms with van der Waals surface area (Å²) in [5.74, 6) is 1.52. The summed E-state index contributed by atoms with van der Waals surface area (Å²) in [5, 5.41) is 12.3. The average molecular weight is 636 g/mol. The lowest BCUT2D eigenvalue weighted by Crippen LogP contribution is -2.51. The summed E-state index contributed by atoms with van der Waals surface area (Å²) in [5.41, 5.74) is 0.758. The second-order valence-electron chi connectivity index (χ2n) is 12.0. The number of methoxy groups -OCH3 is 3. The van der Waals surface area contributed by atoms with Crippen LogP contribution < -0.4 is 14.2 Å². The Kier molecular flexibility index (Phi) is 10.7. The van der Waals surface area contributed by atoms with Crippen LogP contribution in [0.25, 0.3) is 0 Å². The first-order valence-corrected chi connectivity index (χ1v) is 16.2. The lowest BCUT2D eigenvalue weighted by Gasteiger charge is -2.45. The molecule has 2 atom stereocenters. The van der Waals surface area contributed by atoms with Crippen molar-refractivity contribution in [3.63, 3.8) is 0 Å². The van der Waals surface area contributed by atoms with Crippen LogP contribution in [-0.2, 0) is 4.74 Å². The molecule has 1 saturated carbocycles. The van der Waals surface area contributed by atoms with Gasteiger partial charge in [0.2, 0.25) is 5.75 Å². The largest absolute Gasteiger partial charge is 0.493 e. The summed E-state index contributed by atoms with van der Waals surface area (Å²) >= 11 is 12.7. The van der Waals surface area contributed by atoms with Crippen LogP contribution in [0.4, 0.5) is 0 Å². The SMILES string of the molecule is COc1cc(C(=O)N2CCO[C@H](CCN3CCC(O)(C4CCCCC4)CC3)C2c2ccc(Cl)c(Cl)c2)cc(OC)c1OC. The van der Waals surface area contributed by atoms with Gasteiger partial charge in [-0.3, -0.25) is 4.79 Å². The standard InChI is InChI=1S/C33H44Cl2N2O6/c1-40-28-20-23(21-29(41-2)31(28)42-3)32(38)37-17-18-43-27(30(37)22-9-10-25(34)26(35)19-22)11-14-36-15-12-33(39,13-16-36)24-7-5-4-6-8-24/h9-10,19-21,24,27,30,39H,4-8,11-18H2,1-3H3/t27-,30?/m1/s1. The highest BCUT2D eigenvalue weighted by Crippen LogP contribution is 2.42. The fourth-order valence-electron chi connectivity index (χ4n) is 7.19. The molecular formula is C33H44Cl2N2O6. The van der Waals surface area contributed by atoms with Gasteiger partial charge in [0.25, 0.3) is 5.91 Å². The highest BCUT2D eigenvalue weighted by Gasteiger charge is 2.41. The number of carbonyl (C=O) groups excluding carboxylic acids is 1. The number of nitrogens with zero attached hydrogens (tertiary/aromatic N) is 2. The first-order valence-electron chi connectivity index (χ1n) is 15.4. The molecule has 0 bridgehead atoms. The van der Waals surface area contributed by atoms with Crippen molar-refractivity contribution in [2.24, 2.45) is 5.92 Å². The Hall–Kier alpha value is -2.23. The zero-order valence-corrected chi connectivity index (χ0v) is 27.0. The summed E-state index contributed by atoms with van der Waals surface area (Å²) in [6.45, 7) is 3.38. The Labute approximate surface area is 265 Å². The van der Waals surface area contributed by atoms with E-state index in [0.29, 0.717) is 51.9 Å². The van der Waals surface area contributed by atoms with Crippen molar-refractivity contribution in [3.8, 4) is 17.2 Å². The summed E-state index contributed by atoms with van der Waals surface area (Å²) < 4.78 is 22.9. The first-order chi connectivity index (χ1) is 20.8. The minimum Gasteiger partial charge on any atom is -0.493 e. The molecule has 2 saturated heterocycles. The fraction of sp³-hybridized carbons (Fsp3) is 0.606. The van der Waals surface area contributed by atoms with Gasteiger partial charge < -0.3 is 33.9 Å². The van der Waals surface area contributed by atoms with Crippen molar-refractivity contribution in [3.05, 3.63) is 51.5 Å². The number of rotatable bonds is 9. The number of ether oxygens (including phenoxy) is 4. The van der Waals surface area contributed by atoms with Crippen LogP contribution in [0.3, 0.4) is 0 Å². The quantitative estimate of drug-likeness (QED) is 0.342. The van der Waals surface area contributed by atoms with E-state index in [0.717, 1.165) is 57.3 Å². The van der Waals surface area contributed by atoms with E-state index < -0.39 is 5.60 Å². The minimum atomic E-state index is -0.537. The number of likely N-dealkylation sites (tertiary alicyclic amines) is 1. The van der Waals surface area contributed by atoms with Gasteiger partial charge >= 0.3 is 0 Å². The van der Waals surface area contributed by atoms with Crippen molar-refractivity contribution in [1.82, 2.24) is 9.80 Å². The molecule has 2 heterocycles. The zero-order valence-electron chi connectivity index (χ0n) is 25.5. The molecular weight excluding hydrogens is 591 g/mol. The Balaban J connectivity index is 1.35. The van der Waals surface area contributed by atoms with E-state index >= 15 is 0 Å².